The number of aromatic nitrogens is 2. The molecular formula is C15H23N3O. The lowest BCUT2D eigenvalue weighted by Crippen LogP contribution is -2.44. The fourth-order valence-corrected chi connectivity index (χ4v) is 5.52. The van der Waals surface area contributed by atoms with Crippen molar-refractivity contribution in [3.63, 3.8) is 0 Å². The maximum absolute atomic E-state index is 12.1. The molecule has 5 rings (SSSR count). The fraction of sp³-hybridized carbons (Fsp3) is 0.800. The molecule has 4 bridgehead atoms. The molecule has 0 unspecified atom stereocenters. The van der Waals surface area contributed by atoms with E-state index in [2.05, 4.69) is 0 Å². The van der Waals surface area contributed by atoms with E-state index < -0.39 is 0 Å². The van der Waals surface area contributed by atoms with Crippen molar-refractivity contribution >= 4 is 5.69 Å². The van der Waals surface area contributed by atoms with Gasteiger partial charge in [0, 0.05) is 20.0 Å². The van der Waals surface area contributed by atoms with Gasteiger partial charge < -0.3 is 5.73 Å². The van der Waals surface area contributed by atoms with Gasteiger partial charge in [0.05, 0.1) is 5.69 Å². The van der Waals surface area contributed by atoms with Crippen molar-refractivity contribution in [2.45, 2.75) is 38.0 Å². The van der Waals surface area contributed by atoms with Crippen LogP contribution in [0.2, 0.25) is 0 Å². The van der Waals surface area contributed by atoms with Crippen molar-refractivity contribution in [1.82, 2.24) is 9.36 Å². The van der Waals surface area contributed by atoms with Crippen molar-refractivity contribution < 1.29 is 0 Å². The van der Waals surface area contributed by atoms with Crippen LogP contribution in [-0.4, -0.2) is 9.36 Å². The van der Waals surface area contributed by atoms with Gasteiger partial charge in [0.15, 0.2) is 0 Å². The Labute approximate surface area is 113 Å². The molecule has 4 aliphatic carbocycles. The third kappa shape index (κ3) is 1.43. The molecule has 0 saturated heterocycles. The molecule has 1 heterocycles. The topological polar surface area (TPSA) is 52.9 Å². The van der Waals surface area contributed by atoms with Crippen LogP contribution in [-0.2, 0) is 14.1 Å². The number of nitrogens with two attached hydrogens (primary N) is 1. The predicted molar refractivity (Wildman–Crippen MR) is 74.9 cm³/mol. The molecule has 0 aromatic carbocycles. The molecule has 0 radical (unpaired) electrons. The molecule has 0 aliphatic heterocycles. The van der Waals surface area contributed by atoms with Gasteiger partial charge in [-0.2, -0.15) is 0 Å². The van der Waals surface area contributed by atoms with Crippen LogP contribution in [0.15, 0.2) is 4.79 Å². The molecule has 4 nitrogen and oxygen atoms in total. The zero-order valence-corrected chi connectivity index (χ0v) is 11.8. The molecule has 4 saturated carbocycles. The van der Waals surface area contributed by atoms with Gasteiger partial charge in [-0.3, -0.25) is 14.2 Å². The van der Waals surface area contributed by atoms with Crippen molar-refractivity contribution in [2.24, 2.45) is 37.8 Å². The summed E-state index contributed by atoms with van der Waals surface area (Å²) in [6.45, 7) is 0. The monoisotopic (exact) mass is 261 g/mol. The highest BCUT2D eigenvalue weighted by Crippen LogP contribution is 2.60. The zero-order valence-electron chi connectivity index (χ0n) is 11.8. The number of rotatable bonds is 1. The zero-order chi connectivity index (χ0) is 13.3. The lowest BCUT2D eigenvalue weighted by molar-refractivity contribution is -0.00536. The fourth-order valence-electron chi connectivity index (χ4n) is 5.52. The van der Waals surface area contributed by atoms with Crippen LogP contribution in [0.5, 0.6) is 0 Å². The molecular weight excluding hydrogens is 238 g/mol. The van der Waals surface area contributed by atoms with Crippen molar-refractivity contribution in [2.75, 3.05) is 5.73 Å². The molecule has 4 aliphatic rings. The van der Waals surface area contributed by atoms with E-state index in [1.165, 1.54) is 32.1 Å². The summed E-state index contributed by atoms with van der Waals surface area (Å²) in [4.78, 5) is 12.1. The van der Waals surface area contributed by atoms with Crippen LogP contribution in [0.4, 0.5) is 5.69 Å². The minimum absolute atomic E-state index is 0.0219. The number of anilines is 1. The molecule has 0 spiro atoms. The molecule has 19 heavy (non-hydrogen) atoms. The van der Waals surface area contributed by atoms with Crippen molar-refractivity contribution in [3.05, 3.63) is 16.0 Å². The molecule has 4 heteroatoms. The van der Waals surface area contributed by atoms with Crippen LogP contribution in [0.25, 0.3) is 0 Å². The van der Waals surface area contributed by atoms with E-state index in [1.54, 1.807) is 4.68 Å². The minimum Gasteiger partial charge on any atom is -0.393 e. The quantitative estimate of drug-likeness (QED) is 0.838. The summed E-state index contributed by atoms with van der Waals surface area (Å²) in [7, 11) is 3.80. The Bertz CT molecular complexity index is 555. The largest absolute Gasteiger partial charge is 0.393 e. The van der Waals surface area contributed by atoms with Crippen LogP contribution in [0, 0.1) is 23.7 Å². The van der Waals surface area contributed by atoms with E-state index in [9.17, 15) is 4.79 Å². The van der Waals surface area contributed by atoms with Crippen molar-refractivity contribution in [1.29, 1.82) is 0 Å². The summed E-state index contributed by atoms with van der Waals surface area (Å²) >= 11 is 0. The molecule has 0 amide bonds. The highest BCUT2D eigenvalue weighted by molar-refractivity contribution is 5.45. The van der Waals surface area contributed by atoms with Gasteiger partial charge in [0.25, 0.3) is 5.56 Å². The summed E-state index contributed by atoms with van der Waals surface area (Å²) in [5.41, 5.74) is 7.74. The second-order valence-corrected chi connectivity index (χ2v) is 7.11. The van der Waals surface area contributed by atoms with Gasteiger partial charge in [-0.1, -0.05) is 0 Å². The van der Waals surface area contributed by atoms with Gasteiger partial charge in [-0.25, -0.2) is 0 Å². The second-order valence-electron chi connectivity index (χ2n) is 7.11. The van der Waals surface area contributed by atoms with Crippen LogP contribution < -0.4 is 11.3 Å². The third-order valence-electron chi connectivity index (χ3n) is 6.14. The van der Waals surface area contributed by atoms with Crippen LogP contribution >= 0.6 is 0 Å². The summed E-state index contributed by atoms with van der Waals surface area (Å²) < 4.78 is 3.67. The number of nitrogen functional groups attached to an aromatic ring is 1. The number of nitrogens with zero attached hydrogens (tertiary/aromatic N) is 2. The first-order valence-corrected chi connectivity index (χ1v) is 7.57. The first-order chi connectivity index (χ1) is 9.06. The number of hydrogen-bond donors (Lipinski definition) is 1. The normalized spacial score (nSPS) is 40.0. The maximum atomic E-state index is 12.1. The average Bonchev–Trinajstić information content (AvgIpc) is 2.55. The van der Waals surface area contributed by atoms with Gasteiger partial charge in [0.1, 0.15) is 5.69 Å². The highest BCUT2D eigenvalue weighted by Gasteiger charge is 2.50. The Balaban J connectivity index is 1.81. The van der Waals surface area contributed by atoms with E-state index in [-0.39, 0.29) is 5.56 Å². The summed E-state index contributed by atoms with van der Waals surface area (Å²) in [6.07, 6.45) is 6.91. The smallest absolute Gasteiger partial charge is 0.289 e. The molecule has 0 atom stereocenters. The van der Waals surface area contributed by atoms with E-state index in [0.717, 1.165) is 29.4 Å². The number of hydrogen-bond acceptors (Lipinski definition) is 2. The minimum atomic E-state index is -0.0219. The molecule has 1 aromatic heterocycles. The molecule has 2 N–H and O–H groups in total. The Morgan fingerprint density at radius 1 is 0.947 bits per heavy atom. The van der Waals surface area contributed by atoms with Gasteiger partial charge in [0.2, 0.25) is 0 Å². The molecule has 1 aromatic rings. The summed E-state index contributed by atoms with van der Waals surface area (Å²) in [5, 5.41) is 0. The highest BCUT2D eigenvalue weighted by atomic mass is 16.1. The average molecular weight is 261 g/mol. The van der Waals surface area contributed by atoms with Crippen LogP contribution in [0.1, 0.15) is 43.7 Å². The predicted octanol–water partition coefficient (Wildman–Crippen LogP) is 1.85. The summed E-state index contributed by atoms with van der Waals surface area (Å²) in [6, 6.07) is 0. The summed E-state index contributed by atoms with van der Waals surface area (Å²) in [5.74, 6) is 3.99. The Morgan fingerprint density at radius 2 is 1.47 bits per heavy atom. The van der Waals surface area contributed by atoms with Crippen molar-refractivity contribution in [3.8, 4) is 0 Å². The molecule has 4 fully saturated rings. The molecule has 104 valence electrons. The van der Waals surface area contributed by atoms with E-state index in [1.807, 2.05) is 18.8 Å². The lowest BCUT2D eigenvalue weighted by atomic mass is 9.51. The van der Waals surface area contributed by atoms with Gasteiger partial charge in [-0.15, -0.1) is 0 Å². The maximum Gasteiger partial charge on any atom is 0.289 e. The van der Waals surface area contributed by atoms with Gasteiger partial charge >= 0.3 is 0 Å². The van der Waals surface area contributed by atoms with E-state index in [4.69, 9.17) is 5.73 Å². The first kappa shape index (κ1) is 11.6. The Kier molecular flexibility index (Phi) is 2.25. The Hall–Kier alpha value is -1.19. The van der Waals surface area contributed by atoms with E-state index >= 15 is 0 Å². The lowest BCUT2D eigenvalue weighted by Gasteiger charge is -2.54. The SMILES string of the molecule is Cn1c(C2C3CC4CC(C3)CC2C4)c(N)c(=O)n1C. The Morgan fingerprint density at radius 3 is 1.89 bits per heavy atom. The standard InChI is InChI=1S/C15H23N3O/c1-17-14(13(16)15(19)18(17)2)12-10-4-8-3-9(6-10)7-11(12)5-8/h8-12H,3-7,16H2,1-2H3. The third-order valence-corrected chi connectivity index (χ3v) is 6.14. The van der Waals surface area contributed by atoms with Crippen LogP contribution in [0.3, 0.4) is 0 Å². The first-order valence-electron chi connectivity index (χ1n) is 7.57. The van der Waals surface area contributed by atoms with E-state index in [0.29, 0.717) is 11.6 Å². The van der Waals surface area contributed by atoms with Gasteiger partial charge in [-0.05, 0) is 55.8 Å². The second kappa shape index (κ2) is 3.68.